The largest absolute Gasteiger partial charge is 0.478 e. The number of aromatic carboxylic acids is 1. The summed E-state index contributed by atoms with van der Waals surface area (Å²) < 4.78 is 5.57. The number of carboxylic acids is 1. The van der Waals surface area contributed by atoms with Gasteiger partial charge >= 0.3 is 5.97 Å². The van der Waals surface area contributed by atoms with Crippen LogP contribution in [-0.4, -0.2) is 39.5 Å². The zero-order valence-electron chi connectivity index (χ0n) is 11.9. The van der Waals surface area contributed by atoms with Gasteiger partial charge in [0.25, 0.3) is 0 Å². The van der Waals surface area contributed by atoms with Crippen molar-refractivity contribution in [3.8, 4) is 0 Å². The van der Waals surface area contributed by atoms with Crippen LogP contribution in [0, 0.1) is 6.92 Å². The SMILES string of the molecule is CCc1nc(C)c(C(=O)O)c(SCCC2CCCO2)n1. The van der Waals surface area contributed by atoms with E-state index in [-0.39, 0.29) is 5.56 Å². The lowest BCUT2D eigenvalue weighted by atomic mass is 10.2. The third-order valence-corrected chi connectivity index (χ3v) is 4.34. The molecule has 1 aromatic heterocycles. The highest BCUT2D eigenvalue weighted by Crippen LogP contribution is 2.26. The molecule has 0 spiro atoms. The van der Waals surface area contributed by atoms with Crippen molar-refractivity contribution in [2.45, 2.75) is 50.7 Å². The van der Waals surface area contributed by atoms with Crippen LogP contribution < -0.4 is 0 Å². The summed E-state index contributed by atoms with van der Waals surface area (Å²) in [6, 6.07) is 0. The Morgan fingerprint density at radius 2 is 2.30 bits per heavy atom. The Labute approximate surface area is 123 Å². The first-order valence-electron chi connectivity index (χ1n) is 6.97. The number of carbonyl (C=O) groups is 1. The lowest BCUT2D eigenvalue weighted by Gasteiger charge is -2.11. The highest BCUT2D eigenvalue weighted by atomic mass is 32.2. The molecule has 1 fully saturated rings. The predicted molar refractivity (Wildman–Crippen MR) is 77.4 cm³/mol. The molecule has 1 saturated heterocycles. The molecule has 6 heteroatoms. The van der Waals surface area contributed by atoms with E-state index in [1.165, 1.54) is 11.8 Å². The normalized spacial score (nSPS) is 18.4. The first kappa shape index (κ1) is 15.3. The van der Waals surface area contributed by atoms with Gasteiger partial charge in [-0.15, -0.1) is 11.8 Å². The van der Waals surface area contributed by atoms with Crippen LogP contribution in [0.2, 0.25) is 0 Å². The number of hydrogen-bond acceptors (Lipinski definition) is 5. The van der Waals surface area contributed by atoms with E-state index in [9.17, 15) is 9.90 Å². The number of ether oxygens (including phenoxy) is 1. The Balaban J connectivity index is 2.07. The highest BCUT2D eigenvalue weighted by molar-refractivity contribution is 7.99. The molecular formula is C14H20N2O3S. The van der Waals surface area contributed by atoms with Crippen molar-refractivity contribution >= 4 is 17.7 Å². The molecule has 0 saturated carbocycles. The number of aromatic nitrogens is 2. The van der Waals surface area contributed by atoms with Gasteiger partial charge < -0.3 is 9.84 Å². The van der Waals surface area contributed by atoms with Crippen LogP contribution >= 0.6 is 11.8 Å². The Bertz CT molecular complexity index is 488. The third-order valence-electron chi connectivity index (χ3n) is 3.34. The van der Waals surface area contributed by atoms with Gasteiger partial charge in [-0.3, -0.25) is 0 Å². The monoisotopic (exact) mass is 296 g/mol. The number of carboxylic acid groups (broad SMARTS) is 1. The summed E-state index contributed by atoms with van der Waals surface area (Å²) in [5, 5.41) is 9.89. The summed E-state index contributed by atoms with van der Waals surface area (Å²) in [4.78, 5) is 19.9. The molecule has 0 aromatic carbocycles. The second-order valence-corrected chi connectivity index (χ2v) is 5.92. The van der Waals surface area contributed by atoms with Crippen LogP contribution in [0.5, 0.6) is 0 Å². The molecule has 1 aliphatic rings. The average Bonchev–Trinajstić information content (AvgIpc) is 2.90. The van der Waals surface area contributed by atoms with Gasteiger partial charge in [0.05, 0.1) is 11.8 Å². The maximum absolute atomic E-state index is 11.3. The standard InChI is InChI=1S/C14H20N2O3S/c1-3-11-15-9(2)12(14(17)18)13(16-11)20-8-6-10-5-4-7-19-10/h10H,3-8H2,1-2H3,(H,17,18). The summed E-state index contributed by atoms with van der Waals surface area (Å²) in [5.41, 5.74) is 0.781. The zero-order valence-corrected chi connectivity index (χ0v) is 12.7. The first-order valence-corrected chi connectivity index (χ1v) is 7.95. The number of rotatable bonds is 6. The van der Waals surface area contributed by atoms with Crippen LogP contribution in [0.4, 0.5) is 0 Å². The fourth-order valence-electron chi connectivity index (χ4n) is 2.27. The van der Waals surface area contributed by atoms with Crippen molar-refractivity contribution in [2.75, 3.05) is 12.4 Å². The highest BCUT2D eigenvalue weighted by Gasteiger charge is 2.19. The van der Waals surface area contributed by atoms with Crippen molar-refractivity contribution in [2.24, 2.45) is 0 Å². The molecule has 0 bridgehead atoms. The van der Waals surface area contributed by atoms with Crippen LogP contribution in [0.15, 0.2) is 5.03 Å². The lowest BCUT2D eigenvalue weighted by molar-refractivity contribution is 0.0690. The van der Waals surface area contributed by atoms with E-state index in [1.807, 2.05) is 6.92 Å². The fraction of sp³-hybridized carbons (Fsp3) is 0.643. The van der Waals surface area contributed by atoms with Crippen LogP contribution in [0.1, 0.15) is 48.1 Å². The molecule has 2 rings (SSSR count). The molecular weight excluding hydrogens is 276 g/mol. The van der Waals surface area contributed by atoms with Gasteiger partial charge in [0.2, 0.25) is 0 Å². The molecule has 1 aliphatic heterocycles. The molecule has 110 valence electrons. The van der Waals surface area contributed by atoms with Gasteiger partial charge in [-0.1, -0.05) is 6.92 Å². The molecule has 1 atom stereocenters. The van der Waals surface area contributed by atoms with E-state index in [1.54, 1.807) is 6.92 Å². The minimum absolute atomic E-state index is 0.236. The topological polar surface area (TPSA) is 72.3 Å². The summed E-state index contributed by atoms with van der Waals surface area (Å²) in [6.45, 7) is 4.55. The Kier molecular flexibility index (Phi) is 5.37. The third kappa shape index (κ3) is 3.70. The Morgan fingerprint density at radius 3 is 2.90 bits per heavy atom. The van der Waals surface area contributed by atoms with Crippen molar-refractivity contribution in [1.82, 2.24) is 9.97 Å². The van der Waals surface area contributed by atoms with Gasteiger partial charge in [0.1, 0.15) is 16.4 Å². The van der Waals surface area contributed by atoms with Crippen molar-refractivity contribution in [1.29, 1.82) is 0 Å². The van der Waals surface area contributed by atoms with Gasteiger partial charge in [0.15, 0.2) is 0 Å². The lowest BCUT2D eigenvalue weighted by Crippen LogP contribution is -2.10. The molecule has 1 unspecified atom stereocenters. The second-order valence-electron chi connectivity index (χ2n) is 4.84. The molecule has 2 heterocycles. The first-order chi connectivity index (χ1) is 9.61. The molecule has 5 nitrogen and oxygen atoms in total. The average molecular weight is 296 g/mol. The van der Waals surface area contributed by atoms with E-state index in [4.69, 9.17) is 4.74 Å². The molecule has 1 N–H and O–H groups in total. The predicted octanol–water partition coefficient (Wildman–Crippen LogP) is 2.71. The minimum atomic E-state index is -0.954. The van der Waals surface area contributed by atoms with Crippen molar-refractivity contribution in [3.63, 3.8) is 0 Å². The van der Waals surface area contributed by atoms with Crippen molar-refractivity contribution in [3.05, 3.63) is 17.1 Å². The molecule has 0 amide bonds. The van der Waals surface area contributed by atoms with Gasteiger partial charge in [0, 0.05) is 18.8 Å². The van der Waals surface area contributed by atoms with Crippen LogP contribution in [0.25, 0.3) is 0 Å². The Morgan fingerprint density at radius 1 is 1.50 bits per heavy atom. The summed E-state index contributed by atoms with van der Waals surface area (Å²) in [5.74, 6) is 0.571. The van der Waals surface area contributed by atoms with E-state index >= 15 is 0 Å². The molecule has 1 aromatic rings. The van der Waals surface area contributed by atoms with Gasteiger partial charge in [-0.2, -0.15) is 0 Å². The molecule has 0 aliphatic carbocycles. The quantitative estimate of drug-likeness (QED) is 0.643. The van der Waals surface area contributed by atoms with Crippen LogP contribution in [0.3, 0.4) is 0 Å². The summed E-state index contributed by atoms with van der Waals surface area (Å²) >= 11 is 1.49. The fourth-order valence-corrected chi connectivity index (χ4v) is 3.39. The van der Waals surface area contributed by atoms with Gasteiger partial charge in [-0.05, 0) is 26.2 Å². The number of aryl methyl sites for hydroxylation is 2. The van der Waals surface area contributed by atoms with E-state index in [2.05, 4.69) is 9.97 Å². The number of nitrogens with zero attached hydrogens (tertiary/aromatic N) is 2. The number of thioether (sulfide) groups is 1. The smallest absolute Gasteiger partial charge is 0.340 e. The summed E-state index contributed by atoms with van der Waals surface area (Å²) in [7, 11) is 0. The molecule has 20 heavy (non-hydrogen) atoms. The number of hydrogen-bond donors (Lipinski definition) is 1. The maximum Gasteiger partial charge on any atom is 0.340 e. The van der Waals surface area contributed by atoms with E-state index in [0.29, 0.717) is 29.1 Å². The zero-order chi connectivity index (χ0) is 14.5. The second kappa shape index (κ2) is 7.04. The molecule has 0 radical (unpaired) electrons. The van der Waals surface area contributed by atoms with Gasteiger partial charge in [-0.25, -0.2) is 14.8 Å². The summed E-state index contributed by atoms with van der Waals surface area (Å²) in [6.07, 6.45) is 4.20. The minimum Gasteiger partial charge on any atom is -0.478 e. The van der Waals surface area contributed by atoms with Crippen LogP contribution in [-0.2, 0) is 11.2 Å². The Hall–Kier alpha value is -1.14. The maximum atomic E-state index is 11.3. The van der Waals surface area contributed by atoms with E-state index < -0.39 is 5.97 Å². The van der Waals surface area contributed by atoms with E-state index in [0.717, 1.165) is 31.6 Å². The van der Waals surface area contributed by atoms with Crippen molar-refractivity contribution < 1.29 is 14.6 Å².